The Hall–Kier alpha value is -4.48. The fourth-order valence-electron chi connectivity index (χ4n) is 3.96. The lowest BCUT2D eigenvalue weighted by molar-refractivity contribution is -0.288. The van der Waals surface area contributed by atoms with Crippen molar-refractivity contribution in [2.45, 2.75) is 24.2 Å². The maximum Gasteiger partial charge on any atom is 0.411 e. The van der Waals surface area contributed by atoms with Crippen molar-refractivity contribution in [1.82, 2.24) is 0 Å². The average Bonchev–Trinajstić information content (AvgIpc) is 2.85. The summed E-state index contributed by atoms with van der Waals surface area (Å²) in [7, 11) is 0. The van der Waals surface area contributed by atoms with E-state index in [0.717, 1.165) is 24.3 Å². The van der Waals surface area contributed by atoms with E-state index in [1.807, 2.05) is 0 Å². The number of hydrogen-bond donors (Lipinski definition) is 4. The van der Waals surface area contributed by atoms with Gasteiger partial charge in [0, 0.05) is 0 Å². The third-order valence-electron chi connectivity index (χ3n) is 5.88. The molecule has 0 fully saturated rings. The van der Waals surface area contributed by atoms with Gasteiger partial charge in [-0.25, -0.2) is 8.78 Å². The van der Waals surface area contributed by atoms with Gasteiger partial charge in [0.2, 0.25) is 5.41 Å². The minimum atomic E-state index is -5.70. The number of phenolic OH excluding ortho intramolecular Hbond substituents is 4. The fourth-order valence-corrected chi connectivity index (χ4v) is 3.96. The zero-order chi connectivity index (χ0) is 29.9. The SMILES string of the molecule is Oc1ccc(C(c2ccc(O)cc2)(C(F)(F)F)C(F)(F)F)cc1.Oc1ccc(Cc2ccc(O)c(F)c2)cc1F. The smallest absolute Gasteiger partial charge is 0.411 e. The summed E-state index contributed by atoms with van der Waals surface area (Å²) in [6.07, 6.45) is -11.1. The highest BCUT2D eigenvalue weighted by atomic mass is 19.4. The van der Waals surface area contributed by atoms with Gasteiger partial charge in [-0.3, -0.25) is 0 Å². The first-order chi connectivity index (χ1) is 18.6. The number of benzene rings is 4. The van der Waals surface area contributed by atoms with Crippen LogP contribution in [0.1, 0.15) is 22.3 Å². The molecule has 0 aliphatic carbocycles. The van der Waals surface area contributed by atoms with E-state index < -0.39 is 63.5 Å². The van der Waals surface area contributed by atoms with Gasteiger partial charge >= 0.3 is 12.4 Å². The van der Waals surface area contributed by atoms with Crippen LogP contribution >= 0.6 is 0 Å². The Labute approximate surface area is 222 Å². The Kier molecular flexibility index (Phi) is 8.51. The van der Waals surface area contributed by atoms with Gasteiger partial charge in [-0.05, 0) is 77.2 Å². The molecule has 0 bridgehead atoms. The van der Waals surface area contributed by atoms with Crippen LogP contribution in [0.25, 0.3) is 0 Å². The molecule has 0 aliphatic heterocycles. The topological polar surface area (TPSA) is 80.9 Å². The van der Waals surface area contributed by atoms with Gasteiger partial charge < -0.3 is 20.4 Å². The predicted molar refractivity (Wildman–Crippen MR) is 128 cm³/mol. The van der Waals surface area contributed by atoms with E-state index in [1.165, 1.54) is 24.3 Å². The first-order valence-electron chi connectivity index (χ1n) is 11.2. The standard InChI is InChI=1S/C15H10F6O2.C13H10F2O2/c16-14(17,18)13(15(19,20)21,9-1-5-11(22)6-2-9)10-3-7-12(23)8-4-10;14-10-6-8(1-3-12(10)16)5-9-2-4-13(17)11(15)7-9/h1-8,22-23H;1-4,6-7,16-17H,5H2. The summed E-state index contributed by atoms with van der Waals surface area (Å²) in [5, 5.41) is 36.3. The van der Waals surface area contributed by atoms with E-state index in [0.29, 0.717) is 41.8 Å². The lowest BCUT2D eigenvalue weighted by Crippen LogP contribution is -2.54. The quantitative estimate of drug-likeness (QED) is 0.191. The Morgan fingerprint density at radius 2 is 0.800 bits per heavy atom. The fraction of sp³-hybridized carbons (Fsp3) is 0.143. The molecule has 4 aromatic carbocycles. The molecule has 4 N–H and O–H groups in total. The van der Waals surface area contributed by atoms with E-state index in [9.17, 15) is 35.1 Å². The molecule has 0 atom stereocenters. The Morgan fingerprint density at radius 1 is 0.475 bits per heavy atom. The summed E-state index contributed by atoms with van der Waals surface area (Å²) < 4.78 is 108. The summed E-state index contributed by atoms with van der Waals surface area (Å²) in [6, 6.07) is 13.3. The highest BCUT2D eigenvalue weighted by Gasteiger charge is 2.72. The van der Waals surface area contributed by atoms with Crippen molar-refractivity contribution in [1.29, 1.82) is 0 Å². The van der Waals surface area contributed by atoms with Gasteiger partial charge in [0.05, 0.1) is 0 Å². The highest BCUT2D eigenvalue weighted by molar-refractivity contribution is 5.46. The second-order valence-corrected chi connectivity index (χ2v) is 8.59. The summed E-state index contributed by atoms with van der Waals surface area (Å²) in [5.74, 6) is -3.16. The molecule has 0 aliphatic rings. The Bertz CT molecular complexity index is 1340. The van der Waals surface area contributed by atoms with Gasteiger partial charge in [0.15, 0.2) is 23.1 Å². The van der Waals surface area contributed by atoms with Crippen LogP contribution in [0.2, 0.25) is 0 Å². The Balaban J connectivity index is 0.000000230. The lowest BCUT2D eigenvalue weighted by Gasteiger charge is -2.38. The van der Waals surface area contributed by atoms with E-state index in [2.05, 4.69) is 0 Å². The molecule has 0 unspecified atom stereocenters. The molecule has 4 rings (SSSR count). The number of alkyl halides is 6. The van der Waals surface area contributed by atoms with E-state index in [-0.39, 0.29) is 0 Å². The molecule has 4 nitrogen and oxygen atoms in total. The number of rotatable bonds is 4. The minimum Gasteiger partial charge on any atom is -0.508 e. The second kappa shape index (κ2) is 11.3. The molecule has 212 valence electrons. The van der Waals surface area contributed by atoms with Crippen molar-refractivity contribution in [3.8, 4) is 23.0 Å². The first kappa shape index (κ1) is 30.1. The third-order valence-corrected chi connectivity index (χ3v) is 5.88. The first-order valence-corrected chi connectivity index (χ1v) is 11.2. The Morgan fingerprint density at radius 3 is 1.07 bits per heavy atom. The summed E-state index contributed by atoms with van der Waals surface area (Å²) >= 11 is 0. The van der Waals surface area contributed by atoms with Crippen molar-refractivity contribution in [3.63, 3.8) is 0 Å². The van der Waals surface area contributed by atoms with Crippen LogP contribution in [0.5, 0.6) is 23.0 Å². The van der Waals surface area contributed by atoms with Crippen LogP contribution in [0.3, 0.4) is 0 Å². The van der Waals surface area contributed by atoms with Crippen LogP contribution < -0.4 is 0 Å². The predicted octanol–water partition coefficient (Wildman–Crippen LogP) is 7.48. The zero-order valence-corrected chi connectivity index (χ0v) is 20.1. The third kappa shape index (κ3) is 6.22. The van der Waals surface area contributed by atoms with Crippen LogP contribution in [-0.2, 0) is 11.8 Å². The summed E-state index contributed by atoms with van der Waals surface area (Å²) in [6.45, 7) is 0. The van der Waals surface area contributed by atoms with E-state index >= 15 is 0 Å². The van der Waals surface area contributed by atoms with Crippen LogP contribution in [-0.4, -0.2) is 32.8 Å². The van der Waals surface area contributed by atoms with Gasteiger partial charge in [-0.2, -0.15) is 26.3 Å². The molecule has 0 spiro atoms. The molecular formula is C28H20F8O4. The molecule has 0 aromatic heterocycles. The molecule has 12 heteroatoms. The van der Waals surface area contributed by atoms with Gasteiger partial charge in [-0.15, -0.1) is 0 Å². The molecule has 0 saturated carbocycles. The van der Waals surface area contributed by atoms with Crippen LogP contribution in [0.15, 0.2) is 84.9 Å². The van der Waals surface area contributed by atoms with Gasteiger partial charge in [0.25, 0.3) is 0 Å². The summed E-state index contributed by atoms with van der Waals surface area (Å²) in [5.41, 5.74) is -5.21. The molecule has 0 saturated heterocycles. The number of halogens is 8. The maximum absolute atomic E-state index is 13.6. The van der Waals surface area contributed by atoms with E-state index in [4.69, 9.17) is 20.4 Å². The van der Waals surface area contributed by atoms with Crippen molar-refractivity contribution in [3.05, 3.63) is 119 Å². The largest absolute Gasteiger partial charge is 0.508 e. The number of hydrogen-bond acceptors (Lipinski definition) is 4. The molecule has 40 heavy (non-hydrogen) atoms. The van der Waals surface area contributed by atoms with Crippen molar-refractivity contribution < 1.29 is 55.5 Å². The van der Waals surface area contributed by atoms with Crippen LogP contribution in [0, 0.1) is 11.6 Å². The van der Waals surface area contributed by atoms with Gasteiger partial charge in [-0.1, -0.05) is 36.4 Å². The average molecular weight is 572 g/mol. The maximum atomic E-state index is 13.6. The second-order valence-electron chi connectivity index (χ2n) is 8.59. The summed E-state index contributed by atoms with van der Waals surface area (Å²) in [4.78, 5) is 0. The molecule has 0 heterocycles. The minimum absolute atomic E-state index is 0.328. The monoisotopic (exact) mass is 572 g/mol. The highest BCUT2D eigenvalue weighted by Crippen LogP contribution is 2.56. The normalized spacial score (nSPS) is 12.0. The van der Waals surface area contributed by atoms with Crippen molar-refractivity contribution in [2.24, 2.45) is 0 Å². The molecule has 0 radical (unpaired) electrons. The molecular weight excluding hydrogens is 552 g/mol. The zero-order valence-electron chi connectivity index (χ0n) is 20.1. The number of phenols is 4. The molecule has 0 amide bonds. The van der Waals surface area contributed by atoms with Gasteiger partial charge in [0.1, 0.15) is 11.5 Å². The van der Waals surface area contributed by atoms with Crippen molar-refractivity contribution >= 4 is 0 Å². The molecule has 4 aromatic rings. The van der Waals surface area contributed by atoms with Crippen LogP contribution in [0.4, 0.5) is 35.1 Å². The lowest BCUT2D eigenvalue weighted by atomic mass is 9.73. The van der Waals surface area contributed by atoms with E-state index in [1.54, 1.807) is 12.1 Å². The van der Waals surface area contributed by atoms with Crippen molar-refractivity contribution in [2.75, 3.05) is 0 Å². The number of aromatic hydroxyl groups is 4.